The predicted molar refractivity (Wildman–Crippen MR) is 37.3 cm³/mol. The molecule has 0 amide bonds. The first kappa shape index (κ1) is 6.41. The summed E-state index contributed by atoms with van der Waals surface area (Å²) in [7, 11) is 0. The first-order chi connectivity index (χ1) is 3.65. The van der Waals surface area contributed by atoms with Crippen LogP contribution in [0.3, 0.4) is 0 Å². The second kappa shape index (κ2) is 1.91. The topological polar surface area (TPSA) is 0 Å². The molecule has 1 aliphatic carbocycles. The Balaban J connectivity index is 2.41. The molecule has 0 aromatic rings. The van der Waals surface area contributed by atoms with Crippen molar-refractivity contribution in [2.45, 2.75) is 38.0 Å². The summed E-state index contributed by atoms with van der Waals surface area (Å²) in [5.41, 5.74) is 0. The fourth-order valence-electron chi connectivity index (χ4n) is 1.09. The highest BCUT2D eigenvalue weighted by atomic mass is 35.5. The molecule has 1 fully saturated rings. The maximum absolute atomic E-state index is 6.14. The lowest BCUT2D eigenvalue weighted by Crippen LogP contribution is -2.35. The van der Waals surface area contributed by atoms with Crippen LogP contribution in [0.25, 0.3) is 0 Å². The van der Waals surface area contributed by atoms with Gasteiger partial charge < -0.3 is 0 Å². The van der Waals surface area contributed by atoms with E-state index in [0.29, 0.717) is 5.92 Å². The maximum atomic E-state index is 6.14. The van der Waals surface area contributed by atoms with E-state index in [1.807, 2.05) is 0 Å². The van der Waals surface area contributed by atoms with Gasteiger partial charge in [-0.2, -0.15) is 0 Å². The zero-order valence-electron chi connectivity index (χ0n) is 5.58. The molecule has 0 atom stereocenters. The van der Waals surface area contributed by atoms with Crippen LogP contribution < -0.4 is 0 Å². The molecule has 0 aromatic heterocycles. The third kappa shape index (κ3) is 0.862. The lowest BCUT2D eigenvalue weighted by molar-refractivity contribution is 0.271. The Morgan fingerprint density at radius 3 is 1.88 bits per heavy atom. The normalized spacial score (nSPS) is 25.5. The summed E-state index contributed by atoms with van der Waals surface area (Å²) in [6.45, 7) is 4.40. The average molecular weight is 133 g/mol. The molecular formula is C7H13Cl. The summed E-state index contributed by atoms with van der Waals surface area (Å²) in [6.07, 6.45) is 3.79. The summed E-state index contributed by atoms with van der Waals surface area (Å²) < 4.78 is 0. The highest BCUT2D eigenvalue weighted by Gasteiger charge is 2.37. The van der Waals surface area contributed by atoms with Gasteiger partial charge in [-0.25, -0.2) is 0 Å². The van der Waals surface area contributed by atoms with Crippen molar-refractivity contribution in [1.82, 2.24) is 0 Å². The Bertz CT molecular complexity index is 82.4. The minimum Gasteiger partial charge on any atom is -0.119 e. The number of rotatable bonds is 1. The second-order valence-corrected chi connectivity index (χ2v) is 3.80. The van der Waals surface area contributed by atoms with E-state index in [-0.39, 0.29) is 4.87 Å². The molecule has 48 valence electrons. The summed E-state index contributed by atoms with van der Waals surface area (Å²) in [5.74, 6) is 0.665. The first-order valence-corrected chi connectivity index (χ1v) is 3.72. The van der Waals surface area contributed by atoms with Gasteiger partial charge in [0.15, 0.2) is 0 Å². The van der Waals surface area contributed by atoms with Crippen molar-refractivity contribution in [2.75, 3.05) is 0 Å². The van der Waals surface area contributed by atoms with Crippen LogP contribution in [0, 0.1) is 5.92 Å². The van der Waals surface area contributed by atoms with Gasteiger partial charge in [0.05, 0.1) is 0 Å². The monoisotopic (exact) mass is 132 g/mol. The van der Waals surface area contributed by atoms with Crippen LogP contribution in [0.2, 0.25) is 0 Å². The van der Waals surface area contributed by atoms with Gasteiger partial charge in [-0.15, -0.1) is 11.6 Å². The molecule has 0 bridgehead atoms. The summed E-state index contributed by atoms with van der Waals surface area (Å²) in [4.78, 5) is 0.194. The van der Waals surface area contributed by atoms with Crippen molar-refractivity contribution in [3.63, 3.8) is 0 Å². The van der Waals surface area contributed by atoms with Crippen LogP contribution in [-0.2, 0) is 0 Å². The van der Waals surface area contributed by atoms with E-state index in [9.17, 15) is 0 Å². The van der Waals surface area contributed by atoms with Crippen molar-refractivity contribution in [3.8, 4) is 0 Å². The molecule has 0 N–H and O–H groups in total. The highest BCUT2D eigenvalue weighted by molar-refractivity contribution is 6.24. The Kier molecular flexibility index (Phi) is 1.53. The maximum Gasteiger partial charge on any atom is 0.0469 e. The zero-order valence-corrected chi connectivity index (χ0v) is 6.33. The standard InChI is InChI=1S/C7H13Cl/c1-6(2)7(8)4-3-5-7/h6H,3-5H2,1-2H3. The highest BCUT2D eigenvalue weighted by Crippen LogP contribution is 2.43. The predicted octanol–water partition coefficient (Wildman–Crippen LogP) is 2.80. The van der Waals surface area contributed by atoms with E-state index >= 15 is 0 Å². The van der Waals surface area contributed by atoms with Gasteiger partial charge in [0.2, 0.25) is 0 Å². The van der Waals surface area contributed by atoms with Gasteiger partial charge in [0, 0.05) is 4.87 Å². The van der Waals surface area contributed by atoms with Crippen molar-refractivity contribution >= 4 is 11.6 Å². The van der Waals surface area contributed by atoms with Crippen LogP contribution in [0.15, 0.2) is 0 Å². The molecule has 0 nitrogen and oxygen atoms in total. The molecule has 1 aliphatic rings. The van der Waals surface area contributed by atoms with E-state index in [2.05, 4.69) is 13.8 Å². The smallest absolute Gasteiger partial charge is 0.0469 e. The van der Waals surface area contributed by atoms with Crippen LogP contribution >= 0.6 is 11.6 Å². The molecule has 1 rings (SSSR count). The molecule has 0 saturated heterocycles. The number of hydrogen-bond donors (Lipinski definition) is 0. The zero-order chi connectivity index (χ0) is 6.20. The molecule has 8 heavy (non-hydrogen) atoms. The Hall–Kier alpha value is 0.290. The second-order valence-electron chi connectivity index (χ2n) is 3.04. The van der Waals surface area contributed by atoms with Crippen molar-refractivity contribution in [1.29, 1.82) is 0 Å². The van der Waals surface area contributed by atoms with E-state index < -0.39 is 0 Å². The molecule has 0 aromatic carbocycles. The van der Waals surface area contributed by atoms with Crippen LogP contribution in [-0.4, -0.2) is 4.87 Å². The minimum atomic E-state index is 0.194. The van der Waals surface area contributed by atoms with Crippen LogP contribution in [0.5, 0.6) is 0 Å². The van der Waals surface area contributed by atoms with Gasteiger partial charge >= 0.3 is 0 Å². The summed E-state index contributed by atoms with van der Waals surface area (Å²) in [6, 6.07) is 0. The Morgan fingerprint density at radius 2 is 1.88 bits per heavy atom. The van der Waals surface area contributed by atoms with Gasteiger partial charge in [0.25, 0.3) is 0 Å². The molecule has 1 saturated carbocycles. The number of hydrogen-bond acceptors (Lipinski definition) is 0. The molecule has 1 heteroatoms. The Labute approximate surface area is 56.2 Å². The SMILES string of the molecule is CC(C)C1(Cl)CCC1. The van der Waals surface area contributed by atoms with E-state index in [4.69, 9.17) is 11.6 Å². The molecular weight excluding hydrogens is 120 g/mol. The minimum absolute atomic E-state index is 0.194. The fourth-order valence-corrected chi connectivity index (χ4v) is 1.36. The van der Waals surface area contributed by atoms with Crippen LogP contribution in [0.4, 0.5) is 0 Å². The largest absolute Gasteiger partial charge is 0.119 e. The van der Waals surface area contributed by atoms with Gasteiger partial charge in [-0.1, -0.05) is 13.8 Å². The molecule has 0 unspecified atom stereocenters. The van der Waals surface area contributed by atoms with Gasteiger partial charge in [-0.3, -0.25) is 0 Å². The number of halogens is 1. The first-order valence-electron chi connectivity index (χ1n) is 3.34. The van der Waals surface area contributed by atoms with Crippen molar-refractivity contribution < 1.29 is 0 Å². The third-order valence-corrected chi connectivity index (χ3v) is 3.03. The van der Waals surface area contributed by atoms with Crippen LogP contribution in [0.1, 0.15) is 33.1 Å². The molecule has 0 radical (unpaired) electrons. The van der Waals surface area contributed by atoms with E-state index in [1.165, 1.54) is 19.3 Å². The third-order valence-electron chi connectivity index (χ3n) is 2.22. The van der Waals surface area contributed by atoms with E-state index in [1.54, 1.807) is 0 Å². The average Bonchev–Trinajstić information content (AvgIpc) is 1.60. The molecule has 0 aliphatic heterocycles. The quantitative estimate of drug-likeness (QED) is 0.482. The van der Waals surface area contributed by atoms with E-state index in [0.717, 1.165) is 0 Å². The van der Waals surface area contributed by atoms with Crippen molar-refractivity contribution in [3.05, 3.63) is 0 Å². The number of alkyl halides is 1. The van der Waals surface area contributed by atoms with Gasteiger partial charge in [0.1, 0.15) is 0 Å². The molecule has 0 spiro atoms. The molecule has 0 heterocycles. The van der Waals surface area contributed by atoms with Crippen molar-refractivity contribution in [2.24, 2.45) is 5.92 Å². The fraction of sp³-hybridized carbons (Fsp3) is 1.00. The lowest BCUT2D eigenvalue weighted by atomic mass is 9.76. The summed E-state index contributed by atoms with van der Waals surface area (Å²) in [5, 5.41) is 0. The van der Waals surface area contributed by atoms with Gasteiger partial charge in [-0.05, 0) is 25.2 Å². The lowest BCUT2D eigenvalue weighted by Gasteiger charge is -2.39. The Morgan fingerprint density at radius 1 is 1.38 bits per heavy atom. The summed E-state index contributed by atoms with van der Waals surface area (Å²) >= 11 is 6.14.